The highest BCUT2D eigenvalue weighted by Crippen LogP contribution is 2.21. The number of likely N-dealkylation sites (tertiary alicyclic amines) is 1. The van der Waals surface area contributed by atoms with Crippen molar-refractivity contribution in [3.05, 3.63) is 33.8 Å². The number of nitrogens with zero attached hydrogens (tertiary/aromatic N) is 1. The first-order chi connectivity index (χ1) is 13.8. The first kappa shape index (κ1) is 23.0. The molecular formula is C19H22Cl2N2O6. The van der Waals surface area contributed by atoms with Crippen LogP contribution in [0.4, 0.5) is 0 Å². The van der Waals surface area contributed by atoms with Crippen LogP contribution in [-0.2, 0) is 23.9 Å². The Kier molecular flexibility index (Phi) is 8.72. The van der Waals surface area contributed by atoms with Crippen LogP contribution >= 0.6 is 23.2 Å². The Hall–Kier alpha value is -2.32. The second-order valence-corrected chi connectivity index (χ2v) is 7.22. The van der Waals surface area contributed by atoms with Gasteiger partial charge in [0.2, 0.25) is 0 Å². The molecule has 1 saturated heterocycles. The fraction of sp³-hybridized carbons (Fsp3) is 0.474. The molecule has 2 amide bonds. The third-order valence-electron chi connectivity index (χ3n) is 4.39. The third-order valence-corrected chi connectivity index (χ3v) is 4.94. The highest BCUT2D eigenvalue weighted by molar-refractivity contribution is 6.36. The van der Waals surface area contributed by atoms with Crippen molar-refractivity contribution in [1.82, 2.24) is 10.2 Å². The summed E-state index contributed by atoms with van der Waals surface area (Å²) in [5, 5.41) is 2.92. The predicted molar refractivity (Wildman–Crippen MR) is 106 cm³/mol. The van der Waals surface area contributed by atoms with Crippen molar-refractivity contribution >= 4 is 47.0 Å². The van der Waals surface area contributed by atoms with Gasteiger partial charge in [-0.25, -0.2) is 0 Å². The van der Waals surface area contributed by atoms with E-state index in [0.717, 1.165) is 0 Å². The van der Waals surface area contributed by atoms with Gasteiger partial charge in [-0.2, -0.15) is 0 Å². The zero-order valence-electron chi connectivity index (χ0n) is 15.9. The lowest BCUT2D eigenvalue weighted by Crippen LogP contribution is -2.43. The van der Waals surface area contributed by atoms with Crippen molar-refractivity contribution in [2.24, 2.45) is 5.92 Å². The molecule has 0 unspecified atom stereocenters. The molecule has 1 aliphatic rings. The highest BCUT2D eigenvalue weighted by atomic mass is 35.5. The van der Waals surface area contributed by atoms with Gasteiger partial charge in [-0.15, -0.1) is 0 Å². The minimum atomic E-state index is -0.752. The molecule has 0 spiro atoms. The number of hydrogen-bond acceptors (Lipinski definition) is 6. The molecule has 0 bridgehead atoms. The number of carbonyl (C=O) groups is 4. The number of rotatable bonds is 7. The lowest BCUT2D eigenvalue weighted by atomic mass is 9.97. The molecule has 0 aromatic heterocycles. The van der Waals surface area contributed by atoms with Crippen LogP contribution < -0.4 is 5.32 Å². The number of amides is 2. The van der Waals surface area contributed by atoms with Gasteiger partial charge in [0.05, 0.1) is 23.1 Å². The van der Waals surface area contributed by atoms with E-state index in [1.54, 1.807) is 6.92 Å². The summed E-state index contributed by atoms with van der Waals surface area (Å²) in [6, 6.07) is 4.36. The number of nitrogens with one attached hydrogen (secondary N) is 1. The lowest BCUT2D eigenvalue weighted by Gasteiger charge is -2.30. The highest BCUT2D eigenvalue weighted by Gasteiger charge is 2.28. The molecule has 0 saturated carbocycles. The molecule has 1 aromatic carbocycles. The van der Waals surface area contributed by atoms with E-state index in [1.807, 2.05) is 0 Å². The van der Waals surface area contributed by atoms with Gasteiger partial charge in [0, 0.05) is 18.1 Å². The average Bonchev–Trinajstić information content (AvgIpc) is 2.70. The van der Waals surface area contributed by atoms with Gasteiger partial charge in [-0.1, -0.05) is 23.2 Å². The van der Waals surface area contributed by atoms with Crippen LogP contribution in [0.1, 0.15) is 30.1 Å². The molecule has 158 valence electrons. The maximum Gasteiger partial charge on any atom is 0.325 e. The molecule has 1 heterocycles. The molecule has 1 fully saturated rings. The van der Waals surface area contributed by atoms with Crippen molar-refractivity contribution in [1.29, 1.82) is 0 Å². The molecule has 2 rings (SSSR count). The van der Waals surface area contributed by atoms with Crippen LogP contribution in [0.25, 0.3) is 0 Å². The van der Waals surface area contributed by atoms with E-state index >= 15 is 0 Å². The Morgan fingerprint density at radius 1 is 1.14 bits per heavy atom. The summed E-state index contributed by atoms with van der Waals surface area (Å²) in [6.45, 7) is 2.03. The predicted octanol–water partition coefficient (Wildman–Crippen LogP) is 2.07. The monoisotopic (exact) mass is 444 g/mol. The van der Waals surface area contributed by atoms with Gasteiger partial charge in [0.25, 0.3) is 11.8 Å². The van der Waals surface area contributed by atoms with Crippen molar-refractivity contribution in [3.8, 4) is 0 Å². The Labute approximate surface area is 178 Å². The standard InChI is InChI=1S/C19H22Cl2N2O6/c1-2-28-19(27)12-5-7-23(8-6-12)16(24)11-29-17(25)10-22-18(26)14-4-3-13(20)9-15(14)21/h3-4,9,12H,2,5-8,10-11H2,1H3,(H,22,26). The molecule has 8 nitrogen and oxygen atoms in total. The largest absolute Gasteiger partial charge is 0.466 e. The van der Waals surface area contributed by atoms with Crippen molar-refractivity contribution < 1.29 is 28.7 Å². The zero-order valence-corrected chi connectivity index (χ0v) is 17.4. The van der Waals surface area contributed by atoms with E-state index in [4.69, 9.17) is 32.7 Å². The number of piperidine rings is 1. The van der Waals surface area contributed by atoms with Gasteiger partial charge >= 0.3 is 11.9 Å². The number of ether oxygens (including phenoxy) is 2. The number of halogens is 2. The van der Waals surface area contributed by atoms with E-state index in [-0.39, 0.29) is 28.4 Å². The molecule has 1 aliphatic heterocycles. The van der Waals surface area contributed by atoms with Crippen molar-refractivity contribution in [2.75, 3.05) is 32.8 Å². The molecule has 0 aliphatic carbocycles. The first-order valence-corrected chi connectivity index (χ1v) is 9.90. The molecule has 0 radical (unpaired) electrons. The maximum atomic E-state index is 12.2. The lowest BCUT2D eigenvalue weighted by molar-refractivity contribution is -0.154. The Morgan fingerprint density at radius 2 is 1.83 bits per heavy atom. The third kappa shape index (κ3) is 6.90. The summed E-state index contributed by atoms with van der Waals surface area (Å²) >= 11 is 11.7. The van der Waals surface area contributed by atoms with E-state index < -0.39 is 25.0 Å². The number of esters is 2. The second kappa shape index (κ2) is 11.0. The fourth-order valence-electron chi connectivity index (χ4n) is 2.83. The number of benzene rings is 1. The SMILES string of the molecule is CCOC(=O)C1CCN(C(=O)COC(=O)CNC(=O)c2ccc(Cl)cc2Cl)CC1. The van der Waals surface area contributed by atoms with E-state index in [0.29, 0.717) is 37.6 Å². The van der Waals surface area contributed by atoms with Gasteiger partial charge in [-0.05, 0) is 38.0 Å². The van der Waals surface area contributed by atoms with Crippen LogP contribution in [0.15, 0.2) is 18.2 Å². The van der Waals surface area contributed by atoms with Gasteiger partial charge in [-0.3, -0.25) is 19.2 Å². The molecule has 0 atom stereocenters. The maximum absolute atomic E-state index is 12.2. The molecule has 1 N–H and O–H groups in total. The second-order valence-electron chi connectivity index (χ2n) is 6.37. The van der Waals surface area contributed by atoms with Crippen molar-refractivity contribution in [2.45, 2.75) is 19.8 Å². The molecule has 10 heteroatoms. The van der Waals surface area contributed by atoms with Crippen LogP contribution in [0.3, 0.4) is 0 Å². The summed E-state index contributed by atoms with van der Waals surface area (Å²) in [7, 11) is 0. The zero-order chi connectivity index (χ0) is 21.4. The molecule has 1 aromatic rings. The fourth-order valence-corrected chi connectivity index (χ4v) is 3.32. The minimum absolute atomic E-state index is 0.157. The Balaban J connectivity index is 1.70. The van der Waals surface area contributed by atoms with E-state index in [1.165, 1.54) is 23.1 Å². The summed E-state index contributed by atoms with van der Waals surface area (Å²) in [4.78, 5) is 49.2. The Bertz CT molecular complexity index is 778. The average molecular weight is 445 g/mol. The number of carbonyl (C=O) groups excluding carboxylic acids is 4. The van der Waals surface area contributed by atoms with Crippen molar-refractivity contribution in [3.63, 3.8) is 0 Å². The van der Waals surface area contributed by atoms with Gasteiger partial charge in [0.1, 0.15) is 6.54 Å². The van der Waals surface area contributed by atoms with Crippen LogP contribution in [-0.4, -0.2) is 61.5 Å². The summed E-state index contributed by atoms with van der Waals surface area (Å²) in [5.41, 5.74) is 0.171. The van der Waals surface area contributed by atoms with Crippen LogP contribution in [0, 0.1) is 5.92 Å². The normalized spacial score (nSPS) is 14.2. The van der Waals surface area contributed by atoms with Crippen LogP contribution in [0.5, 0.6) is 0 Å². The summed E-state index contributed by atoms with van der Waals surface area (Å²) < 4.78 is 9.90. The summed E-state index contributed by atoms with van der Waals surface area (Å²) in [6.07, 6.45) is 1.02. The van der Waals surface area contributed by atoms with Gasteiger partial charge < -0.3 is 19.7 Å². The van der Waals surface area contributed by atoms with E-state index in [9.17, 15) is 19.2 Å². The van der Waals surface area contributed by atoms with E-state index in [2.05, 4.69) is 5.32 Å². The number of hydrogen-bond donors (Lipinski definition) is 1. The molecular weight excluding hydrogens is 423 g/mol. The quantitative estimate of drug-likeness (QED) is 0.645. The van der Waals surface area contributed by atoms with Gasteiger partial charge in [0.15, 0.2) is 6.61 Å². The Morgan fingerprint density at radius 3 is 2.45 bits per heavy atom. The topological polar surface area (TPSA) is 102 Å². The first-order valence-electron chi connectivity index (χ1n) is 9.15. The molecule has 29 heavy (non-hydrogen) atoms. The summed E-state index contributed by atoms with van der Waals surface area (Å²) in [5.74, 6) is -2.12. The smallest absolute Gasteiger partial charge is 0.325 e. The van der Waals surface area contributed by atoms with Crippen LogP contribution in [0.2, 0.25) is 10.0 Å². The minimum Gasteiger partial charge on any atom is -0.466 e.